The van der Waals surface area contributed by atoms with Crippen LogP contribution in [0.3, 0.4) is 0 Å². The Balaban J connectivity index is 2.15. The topological polar surface area (TPSA) is 58.2 Å². The van der Waals surface area contributed by atoms with Gasteiger partial charge in [-0.05, 0) is 30.9 Å². The van der Waals surface area contributed by atoms with E-state index in [-0.39, 0.29) is 6.04 Å². The van der Waals surface area contributed by atoms with E-state index in [0.29, 0.717) is 16.5 Å². The van der Waals surface area contributed by atoms with Gasteiger partial charge in [-0.1, -0.05) is 31.9 Å². The first-order chi connectivity index (χ1) is 9.06. The first-order valence-corrected chi connectivity index (χ1v) is 8.34. The fourth-order valence-electron chi connectivity index (χ4n) is 2.24. The van der Waals surface area contributed by atoms with E-state index in [2.05, 4.69) is 10.0 Å². The van der Waals surface area contributed by atoms with Crippen LogP contribution in [-0.2, 0) is 10.0 Å². The van der Waals surface area contributed by atoms with E-state index in [1.165, 1.54) is 12.8 Å². The fraction of sp³-hybridized carbons (Fsp3) is 0.571. The number of benzene rings is 1. The number of anilines is 1. The van der Waals surface area contributed by atoms with E-state index < -0.39 is 10.0 Å². The van der Waals surface area contributed by atoms with Crippen LogP contribution in [0.2, 0.25) is 0 Å². The molecule has 2 rings (SSSR count). The molecule has 0 spiro atoms. The van der Waals surface area contributed by atoms with Crippen molar-refractivity contribution in [2.45, 2.75) is 43.5 Å². The molecule has 0 saturated heterocycles. The highest BCUT2D eigenvalue weighted by atomic mass is 32.2. The molecule has 19 heavy (non-hydrogen) atoms. The third kappa shape index (κ3) is 3.70. The molecule has 1 saturated carbocycles. The smallest absolute Gasteiger partial charge is 0.242 e. The van der Waals surface area contributed by atoms with Crippen molar-refractivity contribution in [2.75, 3.05) is 12.4 Å². The van der Waals surface area contributed by atoms with Crippen LogP contribution in [0.1, 0.15) is 32.6 Å². The maximum atomic E-state index is 12.4. The minimum absolute atomic E-state index is 0.0439. The van der Waals surface area contributed by atoms with Gasteiger partial charge in [0.05, 0.1) is 5.69 Å². The van der Waals surface area contributed by atoms with E-state index in [4.69, 9.17) is 0 Å². The molecule has 1 aliphatic carbocycles. The standard InChI is InChI=1S/C14H22N2O2S/c1-3-12(10-11-8-9-11)16-19(17,18)14-7-5-4-6-13(14)15-2/h4-7,11-12,15-16H,3,8-10H2,1-2H3. The van der Waals surface area contributed by atoms with Gasteiger partial charge in [0.15, 0.2) is 0 Å². The van der Waals surface area contributed by atoms with Gasteiger partial charge in [0.1, 0.15) is 4.90 Å². The zero-order valence-electron chi connectivity index (χ0n) is 11.5. The van der Waals surface area contributed by atoms with Crippen molar-refractivity contribution in [3.8, 4) is 0 Å². The van der Waals surface area contributed by atoms with Crippen LogP contribution in [0.25, 0.3) is 0 Å². The second kappa shape index (κ2) is 5.92. The van der Waals surface area contributed by atoms with Gasteiger partial charge in [-0.15, -0.1) is 0 Å². The van der Waals surface area contributed by atoms with Crippen LogP contribution in [-0.4, -0.2) is 21.5 Å². The lowest BCUT2D eigenvalue weighted by Gasteiger charge is -2.18. The maximum absolute atomic E-state index is 12.4. The van der Waals surface area contributed by atoms with E-state index in [9.17, 15) is 8.42 Å². The van der Waals surface area contributed by atoms with Gasteiger partial charge in [-0.2, -0.15) is 0 Å². The number of nitrogens with one attached hydrogen (secondary N) is 2. The van der Waals surface area contributed by atoms with Gasteiger partial charge in [0.2, 0.25) is 10.0 Å². The molecule has 0 bridgehead atoms. The van der Waals surface area contributed by atoms with Crippen LogP contribution < -0.4 is 10.0 Å². The highest BCUT2D eigenvalue weighted by Gasteiger charge is 2.28. The SMILES string of the molecule is CCC(CC1CC1)NS(=O)(=O)c1ccccc1NC. The lowest BCUT2D eigenvalue weighted by molar-refractivity contribution is 0.495. The lowest BCUT2D eigenvalue weighted by atomic mass is 10.1. The molecular formula is C14H22N2O2S. The second-order valence-corrected chi connectivity index (χ2v) is 6.83. The average molecular weight is 282 g/mol. The summed E-state index contributed by atoms with van der Waals surface area (Å²) in [6, 6.07) is 7.03. The summed E-state index contributed by atoms with van der Waals surface area (Å²) in [7, 11) is -1.71. The van der Waals surface area contributed by atoms with Crippen molar-refractivity contribution >= 4 is 15.7 Å². The molecule has 106 valence electrons. The highest BCUT2D eigenvalue weighted by Crippen LogP contribution is 2.34. The summed E-state index contributed by atoms with van der Waals surface area (Å²) in [4.78, 5) is 0.326. The summed E-state index contributed by atoms with van der Waals surface area (Å²) in [5.41, 5.74) is 0.635. The monoisotopic (exact) mass is 282 g/mol. The number of hydrogen-bond donors (Lipinski definition) is 2. The van der Waals surface area contributed by atoms with Gasteiger partial charge in [0, 0.05) is 13.1 Å². The van der Waals surface area contributed by atoms with Crippen molar-refractivity contribution in [1.29, 1.82) is 0 Å². The van der Waals surface area contributed by atoms with Gasteiger partial charge in [-0.3, -0.25) is 0 Å². The molecule has 0 aromatic heterocycles. The largest absolute Gasteiger partial charge is 0.387 e. The summed E-state index contributed by atoms with van der Waals surface area (Å²) in [5, 5.41) is 2.93. The fourth-order valence-corrected chi connectivity index (χ4v) is 3.79. The maximum Gasteiger partial charge on any atom is 0.242 e. The minimum atomic E-state index is -3.44. The third-order valence-electron chi connectivity index (χ3n) is 3.58. The van der Waals surface area contributed by atoms with Crippen molar-refractivity contribution in [2.24, 2.45) is 5.92 Å². The molecule has 1 fully saturated rings. The number of hydrogen-bond acceptors (Lipinski definition) is 3. The molecule has 0 aliphatic heterocycles. The van der Waals surface area contributed by atoms with Crippen molar-refractivity contribution in [1.82, 2.24) is 4.72 Å². The Morgan fingerprint density at radius 3 is 2.58 bits per heavy atom. The zero-order chi connectivity index (χ0) is 13.9. The Hall–Kier alpha value is -1.07. The number of para-hydroxylation sites is 1. The van der Waals surface area contributed by atoms with Crippen molar-refractivity contribution in [3.63, 3.8) is 0 Å². The molecule has 0 heterocycles. The third-order valence-corrected chi connectivity index (χ3v) is 5.15. The minimum Gasteiger partial charge on any atom is -0.387 e. The lowest BCUT2D eigenvalue weighted by Crippen LogP contribution is -2.35. The van der Waals surface area contributed by atoms with Gasteiger partial charge >= 0.3 is 0 Å². The highest BCUT2D eigenvalue weighted by molar-refractivity contribution is 7.89. The summed E-state index contributed by atoms with van der Waals surface area (Å²) in [6.07, 6.45) is 4.27. The molecular weight excluding hydrogens is 260 g/mol. The van der Waals surface area contributed by atoms with E-state index >= 15 is 0 Å². The van der Waals surface area contributed by atoms with Crippen LogP contribution in [0.15, 0.2) is 29.2 Å². The number of sulfonamides is 1. The van der Waals surface area contributed by atoms with Crippen molar-refractivity contribution in [3.05, 3.63) is 24.3 Å². The Labute approximate surface area is 115 Å². The molecule has 1 aromatic carbocycles. The molecule has 1 aliphatic rings. The first-order valence-electron chi connectivity index (χ1n) is 6.86. The summed E-state index contributed by atoms with van der Waals surface area (Å²) in [5.74, 6) is 0.715. The van der Waals surface area contributed by atoms with Crippen LogP contribution in [0, 0.1) is 5.92 Å². The first kappa shape index (κ1) is 14.3. The molecule has 1 atom stereocenters. The summed E-state index contributed by atoms with van der Waals surface area (Å²) >= 11 is 0. The Morgan fingerprint density at radius 1 is 1.32 bits per heavy atom. The molecule has 1 unspecified atom stereocenters. The van der Waals surface area contributed by atoms with E-state index in [1.54, 1.807) is 25.2 Å². The second-order valence-electron chi connectivity index (χ2n) is 5.15. The van der Waals surface area contributed by atoms with Gasteiger partial charge in [-0.25, -0.2) is 13.1 Å². The van der Waals surface area contributed by atoms with Crippen LogP contribution in [0.5, 0.6) is 0 Å². The van der Waals surface area contributed by atoms with Crippen molar-refractivity contribution < 1.29 is 8.42 Å². The van der Waals surface area contributed by atoms with Gasteiger partial charge < -0.3 is 5.32 Å². The molecule has 0 amide bonds. The van der Waals surface area contributed by atoms with Gasteiger partial charge in [0.25, 0.3) is 0 Å². The average Bonchev–Trinajstić information content (AvgIpc) is 3.21. The van der Waals surface area contributed by atoms with E-state index in [1.807, 2.05) is 13.0 Å². The van der Waals surface area contributed by atoms with Crippen LogP contribution in [0.4, 0.5) is 5.69 Å². The Kier molecular flexibility index (Phi) is 4.47. The predicted molar refractivity (Wildman–Crippen MR) is 77.7 cm³/mol. The molecule has 0 radical (unpaired) electrons. The summed E-state index contributed by atoms with van der Waals surface area (Å²) in [6.45, 7) is 2.03. The Bertz CT molecular complexity index is 524. The molecule has 5 heteroatoms. The number of rotatable bonds is 7. The molecule has 2 N–H and O–H groups in total. The van der Waals surface area contributed by atoms with E-state index in [0.717, 1.165) is 12.8 Å². The predicted octanol–water partition coefficient (Wildman–Crippen LogP) is 2.59. The molecule has 1 aromatic rings. The summed E-state index contributed by atoms with van der Waals surface area (Å²) < 4.78 is 27.7. The quantitative estimate of drug-likeness (QED) is 0.808. The normalized spacial score (nSPS) is 17.2. The zero-order valence-corrected chi connectivity index (χ0v) is 12.3. The Morgan fingerprint density at radius 2 is 2.00 bits per heavy atom. The molecule has 4 nitrogen and oxygen atoms in total. The van der Waals surface area contributed by atoms with Crippen LogP contribution >= 0.6 is 0 Å².